The number of aliphatic hydroxyl groups excluding tert-OH is 1. The van der Waals surface area contributed by atoms with Gasteiger partial charge in [-0.05, 0) is 11.0 Å². The second kappa shape index (κ2) is 5.41. The predicted octanol–water partition coefficient (Wildman–Crippen LogP) is 2.46. The predicted molar refractivity (Wildman–Crippen MR) is 69.1 cm³/mol. The number of nitrogens with zero attached hydrogens (tertiary/aromatic N) is 1. The molecule has 0 radical (unpaired) electrons. The van der Waals surface area contributed by atoms with Gasteiger partial charge in [-0.1, -0.05) is 30.3 Å². The molecule has 1 N–H and O–H groups in total. The van der Waals surface area contributed by atoms with Crippen LogP contribution in [0.1, 0.15) is 12.0 Å². The van der Waals surface area contributed by atoms with Crippen LogP contribution in [0.4, 0.5) is 0 Å². The molecule has 0 bridgehead atoms. The van der Waals surface area contributed by atoms with E-state index in [-0.39, 0.29) is 6.61 Å². The van der Waals surface area contributed by atoms with Crippen LogP contribution < -0.4 is 0 Å². The average Bonchev–Trinajstić information content (AvgIpc) is 2.64. The summed E-state index contributed by atoms with van der Waals surface area (Å²) in [5.41, 5.74) is 2.68. The van der Waals surface area contributed by atoms with Crippen LogP contribution in [-0.4, -0.2) is 29.0 Å². The van der Waals surface area contributed by atoms with E-state index in [0.29, 0.717) is 5.37 Å². The van der Waals surface area contributed by atoms with Crippen LogP contribution in [0.3, 0.4) is 0 Å². The highest BCUT2D eigenvalue weighted by Crippen LogP contribution is 2.32. The van der Waals surface area contributed by atoms with Gasteiger partial charge in [-0.15, -0.1) is 11.8 Å². The molecule has 1 aromatic carbocycles. The maximum atomic E-state index is 8.96. The molecule has 0 saturated carbocycles. The minimum Gasteiger partial charge on any atom is -0.396 e. The zero-order valence-corrected chi connectivity index (χ0v) is 10.3. The summed E-state index contributed by atoms with van der Waals surface area (Å²) < 4.78 is 0. The molecule has 1 heterocycles. The van der Waals surface area contributed by atoms with Gasteiger partial charge in [0.25, 0.3) is 0 Å². The molecule has 2 rings (SSSR count). The van der Waals surface area contributed by atoms with Crippen molar-refractivity contribution in [3.63, 3.8) is 0 Å². The second-order valence-electron chi connectivity index (χ2n) is 3.99. The maximum Gasteiger partial charge on any atom is 0.0807 e. The monoisotopic (exact) mass is 235 g/mol. The first-order chi connectivity index (χ1) is 7.81. The van der Waals surface area contributed by atoms with Gasteiger partial charge in [-0.2, -0.15) is 0 Å². The lowest BCUT2D eigenvalue weighted by molar-refractivity contribution is 0.255. The summed E-state index contributed by atoms with van der Waals surface area (Å²) in [7, 11) is 2.11. The van der Waals surface area contributed by atoms with Crippen molar-refractivity contribution in [1.29, 1.82) is 0 Å². The summed E-state index contributed by atoms with van der Waals surface area (Å²) in [5, 5.41) is 11.6. The summed E-state index contributed by atoms with van der Waals surface area (Å²) in [6.45, 7) is 0.258. The fraction of sp³-hybridized carbons (Fsp3) is 0.385. The first-order valence-electron chi connectivity index (χ1n) is 5.53. The van der Waals surface area contributed by atoms with E-state index in [9.17, 15) is 0 Å². The molecule has 1 aromatic rings. The Kier molecular flexibility index (Phi) is 3.91. The van der Waals surface area contributed by atoms with Crippen LogP contribution >= 0.6 is 11.8 Å². The number of aliphatic hydroxyl groups is 1. The quantitative estimate of drug-likeness (QED) is 0.867. The molecule has 3 heteroatoms. The fourth-order valence-corrected chi connectivity index (χ4v) is 2.98. The van der Waals surface area contributed by atoms with Crippen molar-refractivity contribution < 1.29 is 5.11 Å². The number of thioether (sulfide) groups is 1. The highest BCUT2D eigenvalue weighted by Gasteiger charge is 2.22. The molecule has 1 aliphatic rings. The average molecular weight is 235 g/mol. The third-order valence-electron chi connectivity index (χ3n) is 2.85. The summed E-state index contributed by atoms with van der Waals surface area (Å²) in [5.74, 6) is 0. The van der Waals surface area contributed by atoms with Crippen molar-refractivity contribution in [1.82, 2.24) is 4.90 Å². The molecule has 1 aliphatic heterocycles. The minimum atomic E-state index is 0.258. The molecule has 0 amide bonds. The molecule has 0 saturated heterocycles. The van der Waals surface area contributed by atoms with Crippen molar-refractivity contribution in [2.24, 2.45) is 0 Å². The normalized spacial score (nSPS) is 20.0. The number of rotatable bonds is 4. The van der Waals surface area contributed by atoms with Crippen molar-refractivity contribution in [3.05, 3.63) is 47.0 Å². The molecule has 0 aromatic heterocycles. The number of hydrogen-bond acceptors (Lipinski definition) is 3. The van der Waals surface area contributed by atoms with Gasteiger partial charge in [0.2, 0.25) is 0 Å². The zero-order valence-electron chi connectivity index (χ0n) is 9.47. The highest BCUT2D eigenvalue weighted by atomic mass is 32.2. The van der Waals surface area contributed by atoms with Gasteiger partial charge in [0, 0.05) is 32.2 Å². The van der Waals surface area contributed by atoms with E-state index in [1.54, 1.807) is 11.8 Å². The summed E-state index contributed by atoms with van der Waals surface area (Å²) >= 11 is 1.81. The minimum absolute atomic E-state index is 0.258. The van der Waals surface area contributed by atoms with Gasteiger partial charge in [-0.3, -0.25) is 0 Å². The van der Waals surface area contributed by atoms with E-state index < -0.39 is 0 Å². The topological polar surface area (TPSA) is 23.5 Å². The van der Waals surface area contributed by atoms with Crippen LogP contribution in [0.5, 0.6) is 0 Å². The molecule has 2 nitrogen and oxygen atoms in total. The van der Waals surface area contributed by atoms with E-state index in [1.807, 2.05) is 6.07 Å². The number of likely N-dealkylation sites (N-methyl/N-ethyl adjacent to an activating group) is 1. The van der Waals surface area contributed by atoms with E-state index in [1.165, 1.54) is 11.3 Å². The third-order valence-corrected chi connectivity index (χ3v) is 4.12. The van der Waals surface area contributed by atoms with Gasteiger partial charge in [0.05, 0.1) is 5.37 Å². The Bertz CT molecular complexity index is 363. The third kappa shape index (κ3) is 2.60. The number of allylic oxidation sites excluding steroid dienone is 1. The van der Waals surface area contributed by atoms with Crippen molar-refractivity contribution in [3.8, 4) is 0 Å². The van der Waals surface area contributed by atoms with Gasteiger partial charge in [-0.25, -0.2) is 0 Å². The fourth-order valence-electron chi connectivity index (χ4n) is 1.86. The molecular formula is C13H17NOS. The molecule has 0 spiro atoms. The van der Waals surface area contributed by atoms with Crippen LogP contribution in [0.2, 0.25) is 0 Å². The molecule has 16 heavy (non-hydrogen) atoms. The van der Waals surface area contributed by atoms with Gasteiger partial charge in [0.15, 0.2) is 0 Å². The van der Waals surface area contributed by atoms with Crippen molar-refractivity contribution in [2.45, 2.75) is 18.2 Å². The summed E-state index contributed by atoms with van der Waals surface area (Å²) in [6, 6.07) is 10.5. The first-order valence-corrected chi connectivity index (χ1v) is 6.47. The highest BCUT2D eigenvalue weighted by molar-refractivity contribution is 8.02. The number of hydrogen-bond donors (Lipinski definition) is 1. The van der Waals surface area contributed by atoms with E-state index in [4.69, 9.17) is 5.11 Å². The Morgan fingerprint density at radius 1 is 1.31 bits per heavy atom. The van der Waals surface area contributed by atoms with E-state index in [2.05, 4.69) is 41.6 Å². The summed E-state index contributed by atoms with van der Waals surface area (Å²) in [6.07, 6.45) is 1.81. The lowest BCUT2D eigenvalue weighted by atomic mass is 10.1. The molecule has 86 valence electrons. The standard InChI is InChI=1S/C13H17NOS/c1-14-12(10-16-13(14)7-8-15)9-11-5-3-2-4-6-11/h2-6,10,13,15H,7-9H2,1H3. The Morgan fingerprint density at radius 3 is 2.75 bits per heavy atom. The smallest absolute Gasteiger partial charge is 0.0807 e. The van der Waals surface area contributed by atoms with Crippen molar-refractivity contribution in [2.75, 3.05) is 13.7 Å². The van der Waals surface area contributed by atoms with E-state index in [0.717, 1.165) is 12.8 Å². The Labute approximate surface area is 101 Å². The van der Waals surface area contributed by atoms with E-state index >= 15 is 0 Å². The van der Waals surface area contributed by atoms with Crippen LogP contribution in [0, 0.1) is 0 Å². The Hall–Kier alpha value is -0.930. The molecule has 1 unspecified atom stereocenters. The van der Waals surface area contributed by atoms with Crippen molar-refractivity contribution >= 4 is 11.8 Å². The first kappa shape index (κ1) is 11.6. The molecular weight excluding hydrogens is 218 g/mol. The number of benzene rings is 1. The summed E-state index contributed by atoms with van der Waals surface area (Å²) in [4.78, 5) is 2.27. The lowest BCUT2D eigenvalue weighted by Crippen LogP contribution is -2.25. The lowest BCUT2D eigenvalue weighted by Gasteiger charge is -2.23. The van der Waals surface area contributed by atoms with Crippen LogP contribution in [0.15, 0.2) is 41.4 Å². The van der Waals surface area contributed by atoms with Crippen LogP contribution in [0.25, 0.3) is 0 Å². The zero-order chi connectivity index (χ0) is 11.4. The van der Waals surface area contributed by atoms with Gasteiger partial charge in [0.1, 0.15) is 0 Å². The molecule has 1 atom stereocenters. The Balaban J connectivity index is 1.97. The Morgan fingerprint density at radius 2 is 2.06 bits per heavy atom. The van der Waals surface area contributed by atoms with Crippen LogP contribution in [-0.2, 0) is 6.42 Å². The van der Waals surface area contributed by atoms with Gasteiger partial charge < -0.3 is 10.0 Å². The second-order valence-corrected chi connectivity index (χ2v) is 5.04. The largest absolute Gasteiger partial charge is 0.396 e. The maximum absolute atomic E-state index is 8.96. The SMILES string of the molecule is CN1C(Cc2ccccc2)=CSC1CCO. The molecule has 0 aliphatic carbocycles. The van der Waals surface area contributed by atoms with Gasteiger partial charge >= 0.3 is 0 Å². The molecule has 0 fully saturated rings.